The van der Waals surface area contributed by atoms with Crippen LogP contribution in [0.15, 0.2) is 18.2 Å². The predicted octanol–water partition coefficient (Wildman–Crippen LogP) is 1.46. The van der Waals surface area contributed by atoms with Crippen molar-refractivity contribution in [3.05, 3.63) is 18.2 Å². The number of hydrogen-bond acceptors (Lipinski definition) is 5. The molecule has 2 fully saturated rings. The first-order valence-corrected chi connectivity index (χ1v) is 7.81. The van der Waals surface area contributed by atoms with Gasteiger partial charge in [0.25, 0.3) is 0 Å². The molecule has 3 heterocycles. The number of anilines is 1. The maximum absolute atomic E-state index is 12.6. The van der Waals surface area contributed by atoms with Gasteiger partial charge in [0, 0.05) is 24.8 Å². The van der Waals surface area contributed by atoms with Crippen molar-refractivity contribution in [3.8, 4) is 11.5 Å². The van der Waals surface area contributed by atoms with Gasteiger partial charge in [0.15, 0.2) is 11.5 Å². The molecule has 1 amide bonds. The van der Waals surface area contributed by atoms with E-state index in [4.69, 9.17) is 14.2 Å². The molecule has 3 atom stereocenters. The van der Waals surface area contributed by atoms with E-state index in [0.717, 1.165) is 37.5 Å². The van der Waals surface area contributed by atoms with Crippen LogP contribution in [0.25, 0.3) is 0 Å². The molecule has 2 bridgehead atoms. The lowest BCUT2D eigenvalue weighted by Crippen LogP contribution is -2.44. The van der Waals surface area contributed by atoms with Crippen LogP contribution in [0.2, 0.25) is 0 Å². The molecule has 2 saturated heterocycles. The molecule has 3 aliphatic rings. The Hall–Kier alpha value is -1.79. The number of likely N-dealkylation sites (N-methyl/N-ethyl adjacent to an activating group) is 1. The summed E-state index contributed by atoms with van der Waals surface area (Å²) in [6, 6.07) is 5.46. The van der Waals surface area contributed by atoms with E-state index >= 15 is 0 Å². The van der Waals surface area contributed by atoms with Crippen LogP contribution >= 0.6 is 0 Å². The van der Waals surface area contributed by atoms with Crippen molar-refractivity contribution >= 4 is 11.6 Å². The minimum atomic E-state index is -0.0769. The fraction of sp³-hybridized carbons (Fsp3) is 0.562. The summed E-state index contributed by atoms with van der Waals surface area (Å²) >= 11 is 0. The van der Waals surface area contributed by atoms with Gasteiger partial charge < -0.3 is 19.5 Å². The van der Waals surface area contributed by atoms with Gasteiger partial charge in [0.2, 0.25) is 12.7 Å². The van der Waals surface area contributed by atoms with E-state index in [9.17, 15) is 4.79 Å². The summed E-state index contributed by atoms with van der Waals surface area (Å²) in [5.74, 6) is 1.35. The smallest absolute Gasteiger partial charge is 0.231 e. The molecule has 0 aliphatic carbocycles. The number of carbonyl (C=O) groups excluding carboxylic acids is 1. The Kier molecular flexibility index (Phi) is 3.43. The standard InChI is InChI=1S/C16H20N2O4/c1-2-18-7-11-6-12(15(8-18)22-11)16(19)17-10-3-4-13-14(5-10)21-9-20-13/h3-5,11-12,15H,2,6-9H2,1H3,(H,17,19)/t11-,12+,15-/m1/s1. The van der Waals surface area contributed by atoms with Crippen LogP contribution in [0.4, 0.5) is 5.69 Å². The lowest BCUT2D eigenvalue weighted by Gasteiger charge is -2.31. The molecule has 1 aromatic carbocycles. The zero-order valence-electron chi connectivity index (χ0n) is 12.6. The van der Waals surface area contributed by atoms with E-state index in [1.54, 1.807) is 6.07 Å². The van der Waals surface area contributed by atoms with E-state index in [0.29, 0.717) is 5.75 Å². The average Bonchev–Trinajstić information content (AvgIpc) is 3.10. The van der Waals surface area contributed by atoms with Gasteiger partial charge in [-0.2, -0.15) is 0 Å². The van der Waals surface area contributed by atoms with E-state index < -0.39 is 0 Å². The lowest BCUT2D eigenvalue weighted by atomic mass is 9.99. The normalized spacial score (nSPS) is 29.6. The second kappa shape index (κ2) is 5.44. The van der Waals surface area contributed by atoms with Gasteiger partial charge in [-0.3, -0.25) is 9.69 Å². The molecule has 1 aromatic rings. The van der Waals surface area contributed by atoms with Crippen molar-refractivity contribution in [1.29, 1.82) is 0 Å². The summed E-state index contributed by atoms with van der Waals surface area (Å²) < 4.78 is 16.5. The average molecular weight is 304 g/mol. The fourth-order valence-corrected chi connectivity index (χ4v) is 3.48. The van der Waals surface area contributed by atoms with Crippen molar-refractivity contribution in [3.63, 3.8) is 0 Å². The molecule has 4 rings (SSSR count). The summed E-state index contributed by atoms with van der Waals surface area (Å²) in [6.07, 6.45) is 0.997. The van der Waals surface area contributed by atoms with Gasteiger partial charge in [0.1, 0.15) is 0 Å². The maximum Gasteiger partial charge on any atom is 0.231 e. The third kappa shape index (κ3) is 2.42. The van der Waals surface area contributed by atoms with Gasteiger partial charge in [-0.1, -0.05) is 6.92 Å². The first-order chi connectivity index (χ1) is 10.7. The highest BCUT2D eigenvalue weighted by atomic mass is 16.7. The van der Waals surface area contributed by atoms with E-state index in [1.165, 1.54) is 0 Å². The molecule has 22 heavy (non-hydrogen) atoms. The quantitative estimate of drug-likeness (QED) is 0.916. The number of carbonyl (C=O) groups is 1. The zero-order valence-corrected chi connectivity index (χ0v) is 12.6. The number of ether oxygens (including phenoxy) is 3. The van der Waals surface area contributed by atoms with Gasteiger partial charge >= 0.3 is 0 Å². The Morgan fingerprint density at radius 1 is 1.32 bits per heavy atom. The molecular weight excluding hydrogens is 284 g/mol. The van der Waals surface area contributed by atoms with Crippen LogP contribution < -0.4 is 14.8 Å². The summed E-state index contributed by atoms with van der Waals surface area (Å²) in [6.45, 7) is 5.16. The summed E-state index contributed by atoms with van der Waals surface area (Å²) in [5, 5.41) is 2.99. The van der Waals surface area contributed by atoms with E-state index in [2.05, 4.69) is 17.1 Å². The number of morpholine rings is 1. The van der Waals surface area contributed by atoms with Crippen LogP contribution in [0.5, 0.6) is 11.5 Å². The molecule has 1 N–H and O–H groups in total. The topological polar surface area (TPSA) is 60.0 Å². The summed E-state index contributed by atoms with van der Waals surface area (Å²) in [5.41, 5.74) is 0.739. The number of benzene rings is 1. The number of hydrogen-bond donors (Lipinski definition) is 1. The molecule has 0 aromatic heterocycles. The Balaban J connectivity index is 1.44. The number of likely N-dealkylation sites (tertiary alicyclic amines) is 1. The van der Waals surface area contributed by atoms with E-state index in [-0.39, 0.29) is 30.8 Å². The van der Waals surface area contributed by atoms with Gasteiger partial charge in [0.05, 0.1) is 18.1 Å². The molecule has 6 nitrogen and oxygen atoms in total. The first-order valence-electron chi connectivity index (χ1n) is 7.81. The molecule has 0 unspecified atom stereocenters. The van der Waals surface area contributed by atoms with Crippen LogP contribution in [0.3, 0.4) is 0 Å². The Morgan fingerprint density at radius 3 is 3.05 bits per heavy atom. The number of nitrogens with zero attached hydrogens (tertiary/aromatic N) is 1. The molecule has 0 radical (unpaired) electrons. The van der Waals surface area contributed by atoms with Crippen LogP contribution in [-0.4, -0.2) is 49.4 Å². The van der Waals surface area contributed by atoms with Gasteiger partial charge in [-0.25, -0.2) is 0 Å². The molecule has 6 heteroatoms. The largest absolute Gasteiger partial charge is 0.454 e. The zero-order chi connectivity index (χ0) is 15.1. The van der Waals surface area contributed by atoms with Crippen molar-refractivity contribution in [2.45, 2.75) is 25.6 Å². The van der Waals surface area contributed by atoms with Crippen LogP contribution in [0.1, 0.15) is 13.3 Å². The maximum atomic E-state index is 12.6. The monoisotopic (exact) mass is 304 g/mol. The predicted molar refractivity (Wildman–Crippen MR) is 80.1 cm³/mol. The summed E-state index contributed by atoms with van der Waals surface area (Å²) in [7, 11) is 0. The molecule has 3 aliphatic heterocycles. The highest BCUT2D eigenvalue weighted by Crippen LogP contribution is 2.36. The number of fused-ring (bicyclic) bond motifs is 3. The number of amides is 1. The molecule has 0 spiro atoms. The van der Waals surface area contributed by atoms with Crippen molar-refractivity contribution in [2.75, 3.05) is 31.7 Å². The Labute approximate surface area is 129 Å². The highest BCUT2D eigenvalue weighted by Gasteiger charge is 2.44. The fourth-order valence-electron chi connectivity index (χ4n) is 3.48. The second-order valence-electron chi connectivity index (χ2n) is 6.05. The SMILES string of the molecule is CCN1C[C@H]2C[C@H](C(=O)Nc3ccc4c(c3)OCO4)[C@@H](C1)O2. The van der Waals surface area contributed by atoms with Crippen molar-refractivity contribution < 1.29 is 19.0 Å². The second-order valence-corrected chi connectivity index (χ2v) is 6.05. The van der Waals surface area contributed by atoms with Crippen LogP contribution in [0, 0.1) is 5.92 Å². The van der Waals surface area contributed by atoms with E-state index in [1.807, 2.05) is 12.1 Å². The van der Waals surface area contributed by atoms with Crippen molar-refractivity contribution in [1.82, 2.24) is 4.90 Å². The lowest BCUT2D eigenvalue weighted by molar-refractivity contribution is -0.122. The molecule has 0 saturated carbocycles. The first kappa shape index (κ1) is 13.8. The highest BCUT2D eigenvalue weighted by molar-refractivity contribution is 5.93. The number of rotatable bonds is 3. The molecule has 118 valence electrons. The Bertz CT molecular complexity index is 592. The number of nitrogens with one attached hydrogen (secondary N) is 1. The molecular formula is C16H20N2O4. The van der Waals surface area contributed by atoms with Crippen molar-refractivity contribution in [2.24, 2.45) is 5.92 Å². The van der Waals surface area contributed by atoms with Gasteiger partial charge in [-0.05, 0) is 25.1 Å². The third-order valence-electron chi connectivity index (χ3n) is 4.66. The van der Waals surface area contributed by atoms with Crippen LogP contribution in [-0.2, 0) is 9.53 Å². The Morgan fingerprint density at radius 2 is 2.18 bits per heavy atom. The third-order valence-corrected chi connectivity index (χ3v) is 4.66. The summed E-state index contributed by atoms with van der Waals surface area (Å²) in [4.78, 5) is 14.9. The minimum Gasteiger partial charge on any atom is -0.454 e. The minimum absolute atomic E-state index is 0.00714. The van der Waals surface area contributed by atoms with Gasteiger partial charge in [-0.15, -0.1) is 0 Å².